The van der Waals surface area contributed by atoms with Crippen molar-refractivity contribution in [2.24, 2.45) is 0 Å². The third-order valence-electron chi connectivity index (χ3n) is 4.10. The number of fused-ring (bicyclic) bond motifs is 1. The standard InChI is InChI=1S/C13H17NO3.C4H4O4/c15-11-6-4-8-9(13(11)17)3-5-10(12(8)16)14-7-1-2-7;5-3(6)1-2-4(7)8/h4,6-7,10,12,14-17H,1-3,5H2;1-2H,(H,5,6)(H,7,8). The minimum Gasteiger partial charge on any atom is -0.504 e. The Labute approximate surface area is 144 Å². The maximum atomic E-state index is 10.3. The van der Waals surface area contributed by atoms with Crippen LogP contribution in [0.3, 0.4) is 0 Å². The third kappa shape index (κ3) is 5.20. The van der Waals surface area contributed by atoms with E-state index in [-0.39, 0.29) is 17.5 Å². The first kappa shape index (κ1) is 18.8. The van der Waals surface area contributed by atoms with Gasteiger partial charge in [-0.25, -0.2) is 9.59 Å². The highest BCUT2D eigenvalue weighted by Crippen LogP contribution is 2.40. The summed E-state index contributed by atoms with van der Waals surface area (Å²) in [7, 11) is 0. The highest BCUT2D eigenvalue weighted by molar-refractivity contribution is 5.89. The zero-order valence-corrected chi connectivity index (χ0v) is 13.4. The number of aliphatic hydroxyl groups is 1. The number of aliphatic carboxylic acids is 2. The van der Waals surface area contributed by atoms with Gasteiger partial charge >= 0.3 is 11.9 Å². The third-order valence-corrected chi connectivity index (χ3v) is 4.10. The fourth-order valence-corrected chi connectivity index (χ4v) is 2.72. The first-order valence-corrected chi connectivity index (χ1v) is 7.91. The van der Waals surface area contributed by atoms with Crippen molar-refractivity contribution in [2.75, 3.05) is 0 Å². The lowest BCUT2D eigenvalue weighted by atomic mass is 9.85. The van der Waals surface area contributed by atoms with Crippen molar-refractivity contribution >= 4 is 11.9 Å². The lowest BCUT2D eigenvalue weighted by Gasteiger charge is -2.31. The Bertz CT molecular complexity index is 666. The zero-order valence-electron chi connectivity index (χ0n) is 13.4. The molecule has 0 saturated heterocycles. The molecule has 136 valence electrons. The minimum atomic E-state index is -1.26. The zero-order chi connectivity index (χ0) is 18.6. The second kappa shape index (κ2) is 8.00. The monoisotopic (exact) mass is 351 g/mol. The molecule has 8 heteroatoms. The van der Waals surface area contributed by atoms with Crippen LogP contribution in [0.15, 0.2) is 24.3 Å². The van der Waals surface area contributed by atoms with Crippen LogP contribution < -0.4 is 5.32 Å². The fraction of sp³-hybridized carbons (Fsp3) is 0.412. The summed E-state index contributed by atoms with van der Waals surface area (Å²) in [5.74, 6) is -2.70. The molecule has 0 aliphatic heterocycles. The van der Waals surface area contributed by atoms with Gasteiger partial charge in [-0.3, -0.25) is 0 Å². The SMILES string of the molecule is O=C(O)C=CC(=O)O.Oc1ccc2c(c1O)CCC(NC1CC1)C2O. The Balaban J connectivity index is 0.000000242. The molecule has 25 heavy (non-hydrogen) atoms. The highest BCUT2D eigenvalue weighted by atomic mass is 16.4. The average Bonchev–Trinajstić information content (AvgIpc) is 3.36. The molecule has 0 heterocycles. The molecular weight excluding hydrogens is 330 g/mol. The molecule has 0 radical (unpaired) electrons. The van der Waals surface area contributed by atoms with Gasteiger partial charge in [-0.05, 0) is 37.3 Å². The molecule has 8 nitrogen and oxygen atoms in total. The number of phenols is 2. The van der Waals surface area contributed by atoms with Gasteiger partial charge < -0.3 is 30.8 Å². The smallest absolute Gasteiger partial charge is 0.328 e. The fourth-order valence-electron chi connectivity index (χ4n) is 2.72. The summed E-state index contributed by atoms with van der Waals surface area (Å²) >= 11 is 0. The normalized spacial score (nSPS) is 22.0. The van der Waals surface area contributed by atoms with Crippen molar-refractivity contribution in [3.05, 3.63) is 35.4 Å². The van der Waals surface area contributed by atoms with E-state index in [1.54, 1.807) is 6.07 Å². The Kier molecular flexibility index (Phi) is 6.00. The number of nitrogens with one attached hydrogen (secondary N) is 1. The number of hydrogen-bond acceptors (Lipinski definition) is 6. The van der Waals surface area contributed by atoms with E-state index >= 15 is 0 Å². The van der Waals surface area contributed by atoms with E-state index in [9.17, 15) is 24.9 Å². The van der Waals surface area contributed by atoms with E-state index in [0.29, 0.717) is 30.2 Å². The van der Waals surface area contributed by atoms with Crippen LogP contribution in [0.5, 0.6) is 11.5 Å². The molecule has 2 unspecified atom stereocenters. The molecule has 1 fully saturated rings. The summed E-state index contributed by atoms with van der Waals surface area (Å²) in [6, 6.07) is 3.77. The Morgan fingerprint density at radius 2 is 1.64 bits per heavy atom. The number of phenolic OH excluding ortho intramolecular Hbond substituents is 2. The van der Waals surface area contributed by atoms with Gasteiger partial charge in [-0.15, -0.1) is 0 Å². The van der Waals surface area contributed by atoms with Crippen LogP contribution in [0.1, 0.15) is 36.5 Å². The quantitative estimate of drug-likeness (QED) is 0.346. The number of benzene rings is 1. The molecule has 0 aromatic heterocycles. The van der Waals surface area contributed by atoms with E-state index in [1.807, 2.05) is 0 Å². The van der Waals surface area contributed by atoms with E-state index in [2.05, 4.69) is 5.32 Å². The molecule has 2 atom stereocenters. The van der Waals surface area contributed by atoms with Crippen LogP contribution in [0.25, 0.3) is 0 Å². The molecule has 0 bridgehead atoms. The lowest BCUT2D eigenvalue weighted by molar-refractivity contribution is -0.134. The number of hydrogen-bond donors (Lipinski definition) is 6. The maximum Gasteiger partial charge on any atom is 0.328 e. The molecule has 2 aliphatic carbocycles. The van der Waals surface area contributed by atoms with Crippen molar-refractivity contribution in [2.45, 2.75) is 43.9 Å². The lowest BCUT2D eigenvalue weighted by Crippen LogP contribution is -2.39. The van der Waals surface area contributed by atoms with Gasteiger partial charge in [0.15, 0.2) is 11.5 Å². The summed E-state index contributed by atoms with van der Waals surface area (Å²) in [4.78, 5) is 19.1. The topological polar surface area (TPSA) is 147 Å². The van der Waals surface area contributed by atoms with E-state index in [1.165, 1.54) is 18.9 Å². The molecule has 3 rings (SSSR count). The van der Waals surface area contributed by atoms with Crippen LogP contribution in [0.2, 0.25) is 0 Å². The minimum absolute atomic E-state index is 0.0685. The highest BCUT2D eigenvalue weighted by Gasteiger charge is 2.34. The van der Waals surface area contributed by atoms with Crippen molar-refractivity contribution in [1.29, 1.82) is 0 Å². The summed E-state index contributed by atoms with van der Waals surface area (Å²) in [6.07, 6.45) is 4.39. The molecule has 0 amide bonds. The molecule has 6 N–H and O–H groups in total. The van der Waals surface area contributed by atoms with E-state index in [0.717, 1.165) is 12.0 Å². The van der Waals surface area contributed by atoms with Gasteiger partial charge in [0, 0.05) is 29.8 Å². The summed E-state index contributed by atoms with van der Waals surface area (Å²) in [5.41, 5.74) is 1.43. The molecule has 1 aromatic carbocycles. The summed E-state index contributed by atoms with van der Waals surface area (Å²) < 4.78 is 0. The van der Waals surface area contributed by atoms with Crippen LogP contribution in [-0.2, 0) is 16.0 Å². The number of rotatable bonds is 4. The Hall–Kier alpha value is -2.58. The first-order valence-electron chi connectivity index (χ1n) is 7.91. The molecular formula is C17H21NO7. The predicted octanol–water partition coefficient (Wildman–Crippen LogP) is 0.910. The molecule has 0 spiro atoms. The van der Waals surface area contributed by atoms with Gasteiger partial charge in [0.1, 0.15) is 0 Å². The van der Waals surface area contributed by atoms with Gasteiger partial charge in [0.2, 0.25) is 0 Å². The Morgan fingerprint density at radius 1 is 1.04 bits per heavy atom. The number of carboxylic acids is 2. The van der Waals surface area contributed by atoms with Crippen molar-refractivity contribution in [1.82, 2.24) is 5.32 Å². The second-order valence-corrected chi connectivity index (χ2v) is 6.04. The van der Waals surface area contributed by atoms with Gasteiger partial charge in [-0.1, -0.05) is 6.07 Å². The van der Waals surface area contributed by atoms with Crippen molar-refractivity contribution in [3.63, 3.8) is 0 Å². The van der Waals surface area contributed by atoms with Crippen LogP contribution >= 0.6 is 0 Å². The maximum absolute atomic E-state index is 10.3. The largest absolute Gasteiger partial charge is 0.504 e. The van der Waals surface area contributed by atoms with E-state index < -0.39 is 18.0 Å². The van der Waals surface area contributed by atoms with Crippen LogP contribution in [-0.4, -0.2) is 49.6 Å². The number of carbonyl (C=O) groups is 2. The van der Waals surface area contributed by atoms with Crippen molar-refractivity contribution < 1.29 is 35.1 Å². The van der Waals surface area contributed by atoms with Gasteiger partial charge in [-0.2, -0.15) is 0 Å². The number of aliphatic hydroxyl groups excluding tert-OH is 1. The summed E-state index contributed by atoms with van der Waals surface area (Å²) in [6.45, 7) is 0. The van der Waals surface area contributed by atoms with Crippen LogP contribution in [0, 0.1) is 0 Å². The predicted molar refractivity (Wildman–Crippen MR) is 87.4 cm³/mol. The number of carboxylic acid groups (broad SMARTS) is 2. The average molecular weight is 351 g/mol. The van der Waals surface area contributed by atoms with Crippen LogP contribution in [0.4, 0.5) is 0 Å². The molecule has 2 aliphatic rings. The van der Waals surface area contributed by atoms with Gasteiger partial charge in [0.05, 0.1) is 6.10 Å². The second-order valence-electron chi connectivity index (χ2n) is 6.04. The summed E-state index contributed by atoms with van der Waals surface area (Å²) in [5, 5.41) is 48.5. The number of aromatic hydroxyl groups is 2. The molecule has 1 aromatic rings. The molecule has 1 saturated carbocycles. The van der Waals surface area contributed by atoms with Gasteiger partial charge in [0.25, 0.3) is 0 Å². The van der Waals surface area contributed by atoms with Crippen molar-refractivity contribution in [3.8, 4) is 11.5 Å². The first-order chi connectivity index (χ1) is 11.8. The van der Waals surface area contributed by atoms with E-state index in [4.69, 9.17) is 10.2 Å². The Morgan fingerprint density at radius 3 is 2.16 bits per heavy atom.